The number of rotatable bonds is 2. The molecule has 0 atom stereocenters. The molecule has 0 bridgehead atoms. The van der Waals surface area contributed by atoms with E-state index in [1.54, 1.807) is 0 Å². The fraction of sp³-hybridized carbons (Fsp3) is 0.400. The number of aromatic nitrogens is 1. The molecule has 1 aromatic heterocycles. The average molecular weight is 226 g/mol. The van der Waals surface area contributed by atoms with Crippen molar-refractivity contribution >= 4 is 17.1 Å². The summed E-state index contributed by atoms with van der Waals surface area (Å²) in [6.07, 6.45) is 3.14. The minimum absolute atomic E-state index is 0.658. The van der Waals surface area contributed by atoms with Crippen molar-refractivity contribution in [3.8, 4) is 0 Å². The van der Waals surface area contributed by atoms with Crippen LogP contribution in [0.15, 0.2) is 29.3 Å². The van der Waals surface area contributed by atoms with Crippen LogP contribution in [0.3, 0.4) is 0 Å². The molecular weight excluding hydrogens is 208 g/mol. The molecule has 0 aliphatic carbocycles. The second kappa shape index (κ2) is 4.02. The van der Waals surface area contributed by atoms with Crippen LogP contribution in [0.25, 0.3) is 10.9 Å². The zero-order chi connectivity index (χ0) is 11.8. The largest absolute Gasteiger partial charge is 0.339 e. The number of fused-ring (bicyclic) bond motifs is 3. The zero-order valence-corrected chi connectivity index (χ0v) is 10.5. The number of hydrogen-bond donors (Lipinski definition) is 0. The molecule has 17 heavy (non-hydrogen) atoms. The van der Waals surface area contributed by atoms with E-state index in [0.29, 0.717) is 5.92 Å². The maximum absolute atomic E-state index is 4.44. The van der Waals surface area contributed by atoms with Crippen LogP contribution in [0.2, 0.25) is 0 Å². The Morgan fingerprint density at radius 1 is 1.29 bits per heavy atom. The van der Waals surface area contributed by atoms with Gasteiger partial charge in [-0.15, -0.1) is 0 Å². The summed E-state index contributed by atoms with van der Waals surface area (Å²) in [5, 5.41) is 1.41. The predicted molar refractivity (Wildman–Crippen MR) is 72.9 cm³/mol. The van der Waals surface area contributed by atoms with Crippen LogP contribution in [0.5, 0.6) is 0 Å². The molecule has 2 nitrogen and oxygen atoms in total. The fourth-order valence-electron chi connectivity index (χ4n) is 2.69. The number of aliphatic imine (C=N–C) groups is 1. The van der Waals surface area contributed by atoms with Gasteiger partial charge >= 0.3 is 0 Å². The smallest absolute Gasteiger partial charge is 0.0632 e. The van der Waals surface area contributed by atoms with Gasteiger partial charge in [-0.2, -0.15) is 0 Å². The number of para-hydroxylation sites is 1. The van der Waals surface area contributed by atoms with E-state index in [1.165, 1.54) is 22.2 Å². The fourth-order valence-corrected chi connectivity index (χ4v) is 2.69. The molecule has 0 saturated carbocycles. The summed E-state index contributed by atoms with van der Waals surface area (Å²) in [6, 6.07) is 8.73. The van der Waals surface area contributed by atoms with Crippen LogP contribution in [-0.4, -0.2) is 17.3 Å². The third kappa shape index (κ3) is 1.68. The first-order valence-corrected chi connectivity index (χ1v) is 6.37. The molecule has 1 aromatic carbocycles. The first-order valence-electron chi connectivity index (χ1n) is 6.37. The molecule has 3 rings (SSSR count). The molecule has 2 heteroatoms. The quantitative estimate of drug-likeness (QED) is 0.748. The molecule has 2 heterocycles. The van der Waals surface area contributed by atoms with Crippen LogP contribution in [0.1, 0.15) is 25.1 Å². The van der Waals surface area contributed by atoms with E-state index in [-0.39, 0.29) is 0 Å². The molecule has 1 aliphatic rings. The van der Waals surface area contributed by atoms with Crippen molar-refractivity contribution in [3.05, 3.63) is 35.5 Å². The highest BCUT2D eigenvalue weighted by molar-refractivity contribution is 5.95. The van der Waals surface area contributed by atoms with Crippen molar-refractivity contribution in [2.75, 3.05) is 6.54 Å². The second-order valence-corrected chi connectivity index (χ2v) is 5.17. The van der Waals surface area contributed by atoms with Gasteiger partial charge in [-0.1, -0.05) is 32.0 Å². The average Bonchev–Trinajstić information content (AvgIpc) is 2.65. The van der Waals surface area contributed by atoms with Gasteiger partial charge in [0.2, 0.25) is 0 Å². The van der Waals surface area contributed by atoms with Gasteiger partial charge in [0.1, 0.15) is 0 Å². The Morgan fingerprint density at radius 2 is 2.12 bits per heavy atom. The molecule has 0 fully saturated rings. The van der Waals surface area contributed by atoms with Crippen LogP contribution < -0.4 is 0 Å². The van der Waals surface area contributed by atoms with Crippen molar-refractivity contribution in [2.45, 2.75) is 26.8 Å². The van der Waals surface area contributed by atoms with E-state index in [2.05, 4.69) is 53.9 Å². The van der Waals surface area contributed by atoms with Crippen molar-refractivity contribution in [1.82, 2.24) is 4.57 Å². The summed E-state index contributed by atoms with van der Waals surface area (Å²) in [5.41, 5.74) is 4.17. The van der Waals surface area contributed by atoms with E-state index < -0.39 is 0 Å². The zero-order valence-electron chi connectivity index (χ0n) is 10.5. The highest BCUT2D eigenvalue weighted by atomic mass is 15.0. The van der Waals surface area contributed by atoms with Gasteiger partial charge in [0.25, 0.3) is 0 Å². The molecule has 0 saturated heterocycles. The molecule has 1 aliphatic heterocycles. The Hall–Kier alpha value is -1.57. The summed E-state index contributed by atoms with van der Waals surface area (Å²) in [7, 11) is 0. The second-order valence-electron chi connectivity index (χ2n) is 5.17. The van der Waals surface area contributed by atoms with Crippen LogP contribution in [0.4, 0.5) is 0 Å². The van der Waals surface area contributed by atoms with Gasteiger partial charge in [0.15, 0.2) is 0 Å². The lowest BCUT2D eigenvalue weighted by Gasteiger charge is -2.13. The third-order valence-electron chi connectivity index (χ3n) is 3.37. The van der Waals surface area contributed by atoms with Crippen LogP contribution in [-0.2, 0) is 13.0 Å². The van der Waals surface area contributed by atoms with Crippen molar-refractivity contribution in [2.24, 2.45) is 10.9 Å². The maximum atomic E-state index is 4.44. The molecular formula is C15H18N2. The standard InChI is InChI=1S/C15H18N2/c1-11(2)10-17-14-6-4-3-5-12(14)13-7-8-16-9-15(13)17/h3-6,9,11H,7-8,10H2,1-2H3. The van der Waals surface area contributed by atoms with Crippen LogP contribution in [0, 0.1) is 5.92 Å². The lowest BCUT2D eigenvalue weighted by atomic mass is 10.1. The molecule has 0 radical (unpaired) electrons. The van der Waals surface area contributed by atoms with Gasteiger partial charge in [-0.05, 0) is 24.0 Å². The van der Waals surface area contributed by atoms with E-state index in [1.807, 2.05) is 0 Å². The van der Waals surface area contributed by atoms with E-state index in [9.17, 15) is 0 Å². The molecule has 2 aromatic rings. The van der Waals surface area contributed by atoms with Crippen molar-refractivity contribution in [1.29, 1.82) is 0 Å². The first kappa shape index (κ1) is 10.6. The summed E-state index contributed by atoms with van der Waals surface area (Å²) in [4.78, 5) is 4.44. The summed E-state index contributed by atoms with van der Waals surface area (Å²) >= 11 is 0. The summed E-state index contributed by atoms with van der Waals surface area (Å²) < 4.78 is 2.43. The van der Waals surface area contributed by atoms with Gasteiger partial charge in [0, 0.05) is 30.2 Å². The van der Waals surface area contributed by atoms with Gasteiger partial charge in [-0.25, -0.2) is 0 Å². The molecule has 0 spiro atoms. The highest BCUT2D eigenvalue weighted by Gasteiger charge is 2.17. The van der Waals surface area contributed by atoms with E-state index in [4.69, 9.17) is 0 Å². The SMILES string of the molecule is CC(C)Cn1c2c(c3ccccc31)CCN=C2. The van der Waals surface area contributed by atoms with Crippen molar-refractivity contribution in [3.63, 3.8) is 0 Å². The number of hydrogen-bond acceptors (Lipinski definition) is 1. The lowest BCUT2D eigenvalue weighted by molar-refractivity contribution is 0.532. The van der Waals surface area contributed by atoms with E-state index >= 15 is 0 Å². The number of nitrogens with zero attached hydrogens (tertiary/aromatic N) is 2. The summed E-state index contributed by atoms with van der Waals surface area (Å²) in [6.45, 7) is 6.53. The predicted octanol–water partition coefficient (Wildman–Crippen LogP) is 3.27. The maximum Gasteiger partial charge on any atom is 0.0632 e. The molecule has 88 valence electrons. The van der Waals surface area contributed by atoms with Gasteiger partial charge < -0.3 is 4.57 Å². The lowest BCUT2D eigenvalue weighted by Crippen LogP contribution is -2.11. The molecule has 0 amide bonds. The molecule has 0 unspecified atom stereocenters. The first-order chi connectivity index (χ1) is 8.27. The Labute approximate surface area is 102 Å². The Balaban J connectivity index is 2.28. The Morgan fingerprint density at radius 3 is 2.94 bits per heavy atom. The van der Waals surface area contributed by atoms with Crippen molar-refractivity contribution < 1.29 is 0 Å². The summed E-state index contributed by atoms with van der Waals surface area (Å²) in [5.74, 6) is 0.658. The van der Waals surface area contributed by atoms with E-state index in [0.717, 1.165) is 19.5 Å². The normalized spacial score (nSPS) is 14.5. The minimum atomic E-state index is 0.658. The van der Waals surface area contributed by atoms with Gasteiger partial charge in [-0.3, -0.25) is 4.99 Å². The monoisotopic (exact) mass is 226 g/mol. The Kier molecular flexibility index (Phi) is 2.50. The Bertz CT molecular complexity index is 576. The third-order valence-corrected chi connectivity index (χ3v) is 3.37. The van der Waals surface area contributed by atoms with Crippen LogP contribution >= 0.6 is 0 Å². The van der Waals surface area contributed by atoms with Gasteiger partial charge in [0.05, 0.1) is 5.69 Å². The topological polar surface area (TPSA) is 17.3 Å². The highest BCUT2D eigenvalue weighted by Crippen LogP contribution is 2.28. The number of benzene rings is 1. The minimum Gasteiger partial charge on any atom is -0.339 e. The molecule has 0 N–H and O–H groups in total.